The van der Waals surface area contributed by atoms with Gasteiger partial charge in [-0.05, 0) is 12.5 Å². The van der Waals surface area contributed by atoms with Gasteiger partial charge in [-0.15, -0.1) is 0 Å². The second-order valence-electron chi connectivity index (χ2n) is 4.78. The number of aliphatic imine (C=N–C) groups is 1. The minimum absolute atomic E-state index is 0.117. The van der Waals surface area contributed by atoms with Crippen molar-refractivity contribution in [2.24, 2.45) is 10.7 Å². The molecule has 1 aromatic carbocycles. The van der Waals surface area contributed by atoms with E-state index in [2.05, 4.69) is 4.99 Å². The van der Waals surface area contributed by atoms with Crippen LogP contribution in [0.5, 0.6) is 0 Å². The van der Waals surface area contributed by atoms with Gasteiger partial charge in [-0.25, -0.2) is 17.7 Å². The van der Waals surface area contributed by atoms with Gasteiger partial charge in [0, 0.05) is 19.2 Å². The molecule has 0 unspecified atom stereocenters. The van der Waals surface area contributed by atoms with Gasteiger partial charge in [-0.1, -0.05) is 12.1 Å². The van der Waals surface area contributed by atoms with Crippen molar-refractivity contribution in [1.82, 2.24) is 4.31 Å². The Kier molecular flexibility index (Phi) is 3.17. The maximum absolute atomic E-state index is 12.0. The maximum atomic E-state index is 12.0. The van der Waals surface area contributed by atoms with Crippen molar-refractivity contribution in [3.8, 4) is 0 Å². The highest BCUT2D eigenvalue weighted by atomic mass is 32.2. The van der Waals surface area contributed by atoms with Crippen molar-refractivity contribution < 1.29 is 13.3 Å². The van der Waals surface area contributed by atoms with Gasteiger partial charge in [0.15, 0.2) is 0 Å². The Morgan fingerprint density at radius 3 is 2.70 bits per heavy atom. The fourth-order valence-corrected chi connectivity index (χ4v) is 3.51. The van der Waals surface area contributed by atoms with E-state index in [4.69, 9.17) is 5.73 Å². The van der Waals surface area contributed by atoms with E-state index in [1.807, 2.05) is 0 Å². The van der Waals surface area contributed by atoms with E-state index >= 15 is 0 Å². The topological polar surface area (TPSA) is 119 Å². The van der Waals surface area contributed by atoms with E-state index < -0.39 is 20.5 Å². The molecular weight excluding hydrogens is 284 g/mol. The maximum Gasteiger partial charge on any atom is 0.269 e. The zero-order valence-electron chi connectivity index (χ0n) is 11.0. The predicted molar refractivity (Wildman–Crippen MR) is 73.6 cm³/mol. The molecule has 8 nitrogen and oxygen atoms in total. The van der Waals surface area contributed by atoms with Gasteiger partial charge in [0.2, 0.25) is 16.0 Å². The number of nitrogens with two attached hydrogens (primary N) is 1. The van der Waals surface area contributed by atoms with E-state index in [1.54, 1.807) is 13.0 Å². The highest BCUT2D eigenvalue weighted by Gasteiger charge is 2.40. The van der Waals surface area contributed by atoms with Gasteiger partial charge >= 0.3 is 0 Å². The van der Waals surface area contributed by atoms with Crippen LogP contribution in [-0.4, -0.2) is 36.4 Å². The van der Waals surface area contributed by atoms with Crippen molar-refractivity contribution >= 4 is 21.7 Å². The summed E-state index contributed by atoms with van der Waals surface area (Å²) in [6.07, 6.45) is 0. The Hall–Kier alpha value is -2.16. The minimum atomic E-state index is -3.59. The quantitative estimate of drug-likeness (QED) is 0.626. The lowest BCUT2D eigenvalue weighted by molar-refractivity contribution is -0.385. The van der Waals surface area contributed by atoms with E-state index in [1.165, 1.54) is 25.2 Å². The first-order chi connectivity index (χ1) is 9.16. The number of nitro groups is 1. The first-order valence-electron chi connectivity index (χ1n) is 5.72. The van der Waals surface area contributed by atoms with Crippen LogP contribution < -0.4 is 5.73 Å². The van der Waals surface area contributed by atoms with Crippen LogP contribution in [0.4, 0.5) is 5.69 Å². The van der Waals surface area contributed by atoms with Crippen molar-refractivity contribution in [1.29, 1.82) is 0 Å². The van der Waals surface area contributed by atoms with E-state index in [0.29, 0.717) is 5.56 Å². The van der Waals surface area contributed by atoms with Crippen molar-refractivity contribution in [3.63, 3.8) is 0 Å². The lowest BCUT2D eigenvalue weighted by Crippen LogP contribution is -2.50. The average molecular weight is 298 g/mol. The molecule has 108 valence electrons. The second-order valence-corrected chi connectivity index (χ2v) is 6.78. The summed E-state index contributed by atoms with van der Waals surface area (Å²) in [6.45, 7) is 1.59. The molecule has 0 saturated heterocycles. The molecule has 0 aliphatic carbocycles. The van der Waals surface area contributed by atoms with Crippen LogP contribution in [-0.2, 0) is 15.6 Å². The molecular formula is C11H14N4O4S. The molecule has 2 N–H and O–H groups in total. The van der Waals surface area contributed by atoms with Crippen molar-refractivity contribution in [2.45, 2.75) is 12.5 Å². The molecule has 1 heterocycles. The highest BCUT2D eigenvalue weighted by Crippen LogP contribution is 2.33. The summed E-state index contributed by atoms with van der Waals surface area (Å²) < 4.78 is 25.0. The summed E-state index contributed by atoms with van der Waals surface area (Å²) >= 11 is 0. The number of benzene rings is 1. The van der Waals surface area contributed by atoms with Crippen LogP contribution in [0.15, 0.2) is 29.3 Å². The van der Waals surface area contributed by atoms with Crippen LogP contribution in [0.1, 0.15) is 12.5 Å². The summed E-state index contributed by atoms with van der Waals surface area (Å²) in [5, 5.41) is 10.8. The van der Waals surface area contributed by atoms with Gasteiger partial charge in [-0.3, -0.25) is 10.1 Å². The van der Waals surface area contributed by atoms with Crippen molar-refractivity contribution in [2.75, 3.05) is 12.8 Å². The standard InChI is InChI=1S/C11H14N4O4S/c1-11(7-20(18,19)14(2)10(12)13-11)8-4-3-5-9(6-8)15(16)17/h3-6H,7H2,1-2H3,(H2,12,13)/t11-/m0/s1. The smallest absolute Gasteiger partial charge is 0.269 e. The Morgan fingerprint density at radius 2 is 2.15 bits per heavy atom. The number of non-ortho nitro benzene ring substituents is 1. The predicted octanol–water partition coefficient (Wildman–Crippen LogP) is 0.400. The van der Waals surface area contributed by atoms with Gasteiger partial charge in [0.1, 0.15) is 5.54 Å². The molecule has 1 aliphatic heterocycles. The van der Waals surface area contributed by atoms with E-state index in [-0.39, 0.29) is 17.4 Å². The fraction of sp³-hybridized carbons (Fsp3) is 0.364. The van der Waals surface area contributed by atoms with Crippen LogP contribution >= 0.6 is 0 Å². The largest absolute Gasteiger partial charge is 0.369 e. The molecule has 20 heavy (non-hydrogen) atoms. The number of hydrogen-bond donors (Lipinski definition) is 1. The molecule has 1 atom stereocenters. The summed E-state index contributed by atoms with van der Waals surface area (Å²) in [4.78, 5) is 14.4. The first kappa shape index (κ1) is 14.3. The third kappa shape index (κ3) is 2.31. The van der Waals surface area contributed by atoms with Crippen molar-refractivity contribution in [3.05, 3.63) is 39.9 Å². The zero-order chi connectivity index (χ0) is 15.1. The monoisotopic (exact) mass is 298 g/mol. The molecule has 0 spiro atoms. The molecule has 0 radical (unpaired) electrons. The van der Waals surface area contributed by atoms with E-state index in [0.717, 1.165) is 4.31 Å². The van der Waals surface area contributed by atoms with Gasteiger partial charge in [-0.2, -0.15) is 0 Å². The molecule has 1 aromatic rings. The molecule has 0 saturated carbocycles. The Bertz CT molecular complexity index is 700. The lowest BCUT2D eigenvalue weighted by atomic mass is 9.94. The van der Waals surface area contributed by atoms with Crippen LogP contribution in [0.2, 0.25) is 0 Å². The molecule has 0 amide bonds. The highest BCUT2D eigenvalue weighted by molar-refractivity contribution is 7.89. The number of nitrogens with zero attached hydrogens (tertiary/aromatic N) is 3. The number of rotatable bonds is 2. The average Bonchev–Trinajstić information content (AvgIpc) is 2.35. The number of guanidine groups is 1. The second kappa shape index (κ2) is 4.44. The first-order valence-corrected chi connectivity index (χ1v) is 7.33. The summed E-state index contributed by atoms with van der Waals surface area (Å²) in [5.74, 6) is -0.427. The number of nitro benzene ring substituents is 1. The minimum Gasteiger partial charge on any atom is -0.369 e. The Labute approximate surface area is 116 Å². The molecule has 0 bridgehead atoms. The van der Waals surface area contributed by atoms with Crippen LogP contribution in [0, 0.1) is 10.1 Å². The molecule has 0 aromatic heterocycles. The van der Waals surface area contributed by atoms with Gasteiger partial charge in [0.25, 0.3) is 5.69 Å². The molecule has 9 heteroatoms. The van der Waals surface area contributed by atoms with Gasteiger partial charge < -0.3 is 5.73 Å². The summed E-state index contributed by atoms with van der Waals surface area (Å²) in [7, 11) is -2.27. The summed E-state index contributed by atoms with van der Waals surface area (Å²) in [6, 6.07) is 5.75. The number of sulfonamides is 1. The third-order valence-corrected chi connectivity index (χ3v) is 5.19. The van der Waals surface area contributed by atoms with Crippen LogP contribution in [0.25, 0.3) is 0 Å². The summed E-state index contributed by atoms with van der Waals surface area (Å²) in [5.41, 5.74) is 4.81. The van der Waals surface area contributed by atoms with E-state index in [9.17, 15) is 18.5 Å². The number of hydrogen-bond acceptors (Lipinski definition) is 6. The normalized spacial score (nSPS) is 25.1. The molecule has 2 rings (SSSR count). The Morgan fingerprint density at radius 1 is 1.50 bits per heavy atom. The molecule has 1 aliphatic rings. The van der Waals surface area contributed by atoms with Gasteiger partial charge in [0.05, 0.1) is 10.7 Å². The Balaban J connectivity index is 2.56. The fourth-order valence-electron chi connectivity index (χ4n) is 2.05. The van der Waals surface area contributed by atoms with Crippen LogP contribution in [0.3, 0.4) is 0 Å². The molecule has 0 fully saturated rings. The third-order valence-electron chi connectivity index (χ3n) is 3.24. The SMILES string of the molecule is CN1C(N)=N[C@](C)(c2cccc([N+](=O)[O-])c2)CS1(=O)=O. The zero-order valence-corrected chi connectivity index (χ0v) is 11.8. The lowest BCUT2D eigenvalue weighted by Gasteiger charge is -2.34.